The Bertz CT molecular complexity index is 834. The van der Waals surface area contributed by atoms with Crippen LogP contribution in [0.5, 0.6) is 0 Å². The number of nitrogens with one attached hydrogen (secondary N) is 1. The average Bonchev–Trinajstić information content (AvgIpc) is 3.08. The first kappa shape index (κ1) is 18.9. The van der Waals surface area contributed by atoms with Gasteiger partial charge in [0.05, 0.1) is 19.1 Å². The number of hydrogen-bond acceptors (Lipinski definition) is 6. The fourth-order valence-corrected chi connectivity index (χ4v) is 3.34. The Morgan fingerprint density at radius 1 is 1.15 bits per heavy atom. The van der Waals surface area contributed by atoms with Crippen LogP contribution in [-0.4, -0.2) is 24.6 Å². The molecule has 0 aliphatic carbocycles. The number of carbonyl (C=O) groups excluding carboxylic acids is 1. The van der Waals surface area contributed by atoms with Crippen molar-refractivity contribution in [2.24, 2.45) is 0 Å². The van der Waals surface area contributed by atoms with Gasteiger partial charge in [0.1, 0.15) is 17.3 Å². The van der Waals surface area contributed by atoms with Gasteiger partial charge >= 0.3 is 5.97 Å². The van der Waals surface area contributed by atoms with Crippen molar-refractivity contribution in [2.75, 3.05) is 13.0 Å². The Balaban J connectivity index is 1.53. The number of esters is 1. The summed E-state index contributed by atoms with van der Waals surface area (Å²) in [5.41, 5.74) is 2.78. The van der Waals surface area contributed by atoms with E-state index in [0.717, 1.165) is 22.6 Å². The van der Waals surface area contributed by atoms with Gasteiger partial charge in [-0.25, -0.2) is 4.79 Å². The molecule has 0 saturated carbocycles. The Morgan fingerprint density at radius 2 is 1.81 bits per heavy atom. The van der Waals surface area contributed by atoms with Crippen molar-refractivity contribution in [3.63, 3.8) is 0 Å². The lowest BCUT2D eigenvalue weighted by Crippen LogP contribution is -2.20. The van der Waals surface area contributed by atoms with E-state index < -0.39 is 5.97 Å². The first-order valence-electron chi connectivity index (χ1n) is 8.45. The molecule has 0 bridgehead atoms. The van der Waals surface area contributed by atoms with Crippen LogP contribution in [0, 0.1) is 0 Å². The molecule has 0 fully saturated rings. The van der Waals surface area contributed by atoms with E-state index in [1.54, 1.807) is 0 Å². The number of benzene rings is 2. The minimum Gasteiger partial charge on any atom is -0.503 e. The quantitative estimate of drug-likeness (QED) is 0.335. The van der Waals surface area contributed by atoms with Gasteiger partial charge in [0, 0.05) is 5.56 Å². The molecule has 6 heteroatoms. The van der Waals surface area contributed by atoms with Crippen molar-refractivity contribution in [2.45, 2.75) is 12.5 Å². The fourth-order valence-electron chi connectivity index (χ4n) is 2.61. The molecular formula is C21H21NO4S. The molecule has 3 rings (SSSR count). The number of rotatable bonds is 7. The molecule has 2 aromatic carbocycles. The Kier molecular flexibility index (Phi) is 6.44. The van der Waals surface area contributed by atoms with Gasteiger partial charge in [-0.05, 0) is 12.5 Å². The second-order valence-electron chi connectivity index (χ2n) is 5.76. The normalized spacial score (nSPS) is 16.5. The monoisotopic (exact) mass is 383 g/mol. The molecule has 1 heterocycles. The van der Waals surface area contributed by atoms with Gasteiger partial charge < -0.3 is 19.5 Å². The van der Waals surface area contributed by atoms with E-state index in [0.29, 0.717) is 5.57 Å². The molecule has 1 N–H and O–H groups in total. The van der Waals surface area contributed by atoms with Gasteiger partial charge in [-0.3, -0.25) is 0 Å². The molecule has 27 heavy (non-hydrogen) atoms. The molecule has 0 saturated heterocycles. The van der Waals surface area contributed by atoms with Crippen LogP contribution in [0.3, 0.4) is 0 Å². The molecule has 1 aliphatic rings. The third-order valence-corrected chi connectivity index (χ3v) is 4.66. The van der Waals surface area contributed by atoms with Gasteiger partial charge in [-0.1, -0.05) is 72.4 Å². The van der Waals surface area contributed by atoms with Crippen LogP contribution in [0.4, 0.5) is 0 Å². The van der Waals surface area contributed by atoms with Crippen molar-refractivity contribution < 1.29 is 19.0 Å². The number of hydrogen-bond donors (Lipinski definition) is 1. The first-order valence-corrected chi connectivity index (χ1v) is 9.50. The van der Waals surface area contributed by atoms with Gasteiger partial charge in [0.15, 0.2) is 0 Å². The molecule has 0 aromatic heterocycles. The lowest BCUT2D eigenvalue weighted by atomic mass is 10.1. The van der Waals surface area contributed by atoms with Gasteiger partial charge in [0.2, 0.25) is 5.56 Å². The van der Waals surface area contributed by atoms with Crippen LogP contribution in [-0.2, 0) is 19.0 Å². The zero-order valence-electron chi connectivity index (χ0n) is 15.2. The number of allylic oxidation sites excluding steroid dienone is 1. The maximum Gasteiger partial charge on any atom is 0.342 e. The van der Waals surface area contributed by atoms with E-state index in [1.807, 2.05) is 67.6 Å². The lowest BCUT2D eigenvalue weighted by Gasteiger charge is -2.13. The smallest absolute Gasteiger partial charge is 0.342 e. The average molecular weight is 383 g/mol. The third-order valence-electron chi connectivity index (χ3n) is 3.89. The van der Waals surface area contributed by atoms with Crippen LogP contribution in [0.15, 0.2) is 72.6 Å². The van der Waals surface area contributed by atoms with Gasteiger partial charge in [0.25, 0.3) is 0 Å². The summed E-state index contributed by atoms with van der Waals surface area (Å²) in [6.07, 6.45) is 1.39. The predicted octanol–water partition coefficient (Wildman–Crippen LogP) is 4.20. The maximum absolute atomic E-state index is 12.4. The second kappa shape index (κ2) is 9.19. The number of methoxy groups -OCH3 is 1. The minimum atomic E-state index is -0.443. The summed E-state index contributed by atoms with van der Waals surface area (Å²) in [6.45, 7) is 1.96. The third kappa shape index (κ3) is 4.86. The highest BCUT2D eigenvalue weighted by Gasteiger charge is 2.24. The molecule has 1 unspecified atom stereocenters. The van der Waals surface area contributed by atoms with Crippen LogP contribution in [0.1, 0.15) is 18.1 Å². The Labute approximate surface area is 163 Å². The molecule has 0 spiro atoms. The molecule has 1 atom stereocenters. The van der Waals surface area contributed by atoms with E-state index in [4.69, 9.17) is 14.2 Å². The standard InChI is InChI=1S/C21H21NO4S/c1-15-19(17-11-7-4-8-12-17)26-21(22-15)27-14-25-20(23)18(13-24-2)16-9-5-3-6-10-16/h3-13,21-22H,14H2,1-2H3/b18-13-. The van der Waals surface area contributed by atoms with Crippen molar-refractivity contribution in [3.05, 3.63) is 83.7 Å². The van der Waals surface area contributed by atoms with E-state index in [9.17, 15) is 4.79 Å². The Morgan fingerprint density at radius 3 is 2.48 bits per heavy atom. The first-order chi connectivity index (χ1) is 13.2. The summed E-state index contributed by atoms with van der Waals surface area (Å²) >= 11 is 1.36. The molecule has 0 radical (unpaired) electrons. The summed E-state index contributed by atoms with van der Waals surface area (Å²) in [5.74, 6) is 0.518. The molecule has 1 aliphatic heterocycles. The summed E-state index contributed by atoms with van der Waals surface area (Å²) in [7, 11) is 1.50. The van der Waals surface area contributed by atoms with Crippen LogP contribution in [0.2, 0.25) is 0 Å². The number of ether oxygens (including phenoxy) is 3. The molecule has 0 amide bonds. The van der Waals surface area contributed by atoms with Crippen LogP contribution < -0.4 is 5.32 Å². The van der Waals surface area contributed by atoms with E-state index in [-0.39, 0.29) is 11.5 Å². The van der Waals surface area contributed by atoms with Gasteiger partial charge in [-0.15, -0.1) is 0 Å². The highest BCUT2D eigenvalue weighted by Crippen LogP contribution is 2.30. The van der Waals surface area contributed by atoms with Crippen molar-refractivity contribution in [3.8, 4) is 0 Å². The maximum atomic E-state index is 12.4. The Hall–Kier alpha value is -2.86. The second-order valence-corrected chi connectivity index (χ2v) is 6.76. The van der Waals surface area contributed by atoms with E-state index >= 15 is 0 Å². The number of thioether (sulfide) groups is 1. The van der Waals surface area contributed by atoms with Gasteiger partial charge in [-0.2, -0.15) is 0 Å². The summed E-state index contributed by atoms with van der Waals surface area (Å²) in [5, 5.41) is 3.25. The van der Waals surface area contributed by atoms with Crippen molar-refractivity contribution in [1.82, 2.24) is 5.32 Å². The van der Waals surface area contributed by atoms with Crippen LogP contribution >= 0.6 is 11.8 Å². The van der Waals surface area contributed by atoms with Crippen LogP contribution in [0.25, 0.3) is 11.3 Å². The van der Waals surface area contributed by atoms with E-state index in [2.05, 4.69) is 5.32 Å². The fraction of sp³-hybridized carbons (Fsp3) is 0.190. The van der Waals surface area contributed by atoms with Crippen molar-refractivity contribution >= 4 is 29.1 Å². The summed E-state index contributed by atoms with van der Waals surface area (Å²) in [4.78, 5) is 12.4. The zero-order chi connectivity index (χ0) is 19.1. The molecule has 140 valence electrons. The molecule has 5 nitrogen and oxygen atoms in total. The predicted molar refractivity (Wildman–Crippen MR) is 107 cm³/mol. The lowest BCUT2D eigenvalue weighted by molar-refractivity contribution is -0.134. The highest BCUT2D eigenvalue weighted by atomic mass is 32.2. The largest absolute Gasteiger partial charge is 0.503 e. The highest BCUT2D eigenvalue weighted by molar-refractivity contribution is 7.99. The molecule has 2 aromatic rings. The summed E-state index contributed by atoms with van der Waals surface area (Å²) in [6, 6.07) is 19.2. The minimum absolute atomic E-state index is 0.153. The van der Waals surface area contributed by atoms with Crippen molar-refractivity contribution in [1.29, 1.82) is 0 Å². The zero-order valence-corrected chi connectivity index (χ0v) is 16.0. The topological polar surface area (TPSA) is 56.8 Å². The molecular weight excluding hydrogens is 362 g/mol. The van der Waals surface area contributed by atoms with E-state index in [1.165, 1.54) is 25.1 Å². The summed E-state index contributed by atoms with van der Waals surface area (Å²) < 4.78 is 16.3. The number of carbonyl (C=O) groups is 1. The SMILES string of the molecule is CO/C=C(\C(=O)OCSC1NC(C)=C(c2ccccc2)O1)c1ccccc1.